The van der Waals surface area contributed by atoms with Gasteiger partial charge >= 0.3 is 0 Å². The molecule has 0 spiro atoms. The Bertz CT molecular complexity index is 143. The van der Waals surface area contributed by atoms with Crippen molar-refractivity contribution in [2.75, 3.05) is 13.7 Å². The smallest absolute Gasteiger partial charge is 0.162 e. The van der Waals surface area contributed by atoms with Crippen LogP contribution in [0.2, 0.25) is 0 Å². The second-order valence-corrected chi connectivity index (χ2v) is 3.30. The molecule has 1 aliphatic heterocycles. The molecule has 5 heteroatoms. The summed E-state index contributed by atoms with van der Waals surface area (Å²) in [5.41, 5.74) is 0. The fourth-order valence-electron chi connectivity index (χ4n) is 1.49. The van der Waals surface area contributed by atoms with E-state index in [-0.39, 0.29) is 12.5 Å². The van der Waals surface area contributed by atoms with E-state index in [9.17, 15) is 10.2 Å². The SMILES string of the molecule is COC1OC(CO)[C@@H](O)C(O)C1C. The Labute approximate surface area is 76.9 Å². The molecule has 0 aromatic carbocycles. The van der Waals surface area contributed by atoms with Crippen molar-refractivity contribution in [1.82, 2.24) is 0 Å². The average molecular weight is 192 g/mol. The van der Waals surface area contributed by atoms with E-state index in [1.807, 2.05) is 0 Å². The van der Waals surface area contributed by atoms with Crippen molar-refractivity contribution in [2.45, 2.75) is 31.5 Å². The Morgan fingerprint density at radius 3 is 2.38 bits per heavy atom. The first-order chi connectivity index (χ1) is 6.11. The summed E-state index contributed by atoms with van der Waals surface area (Å²) in [5, 5.41) is 27.8. The average Bonchev–Trinajstić information content (AvgIpc) is 2.15. The first kappa shape index (κ1) is 10.9. The lowest BCUT2D eigenvalue weighted by atomic mass is 9.93. The number of aliphatic hydroxyl groups is 3. The predicted molar refractivity (Wildman–Crippen MR) is 43.9 cm³/mol. The van der Waals surface area contributed by atoms with Gasteiger partial charge in [-0.3, -0.25) is 0 Å². The van der Waals surface area contributed by atoms with E-state index < -0.39 is 24.6 Å². The Balaban J connectivity index is 2.66. The molecule has 5 nitrogen and oxygen atoms in total. The van der Waals surface area contributed by atoms with Gasteiger partial charge in [-0.25, -0.2) is 0 Å². The van der Waals surface area contributed by atoms with Gasteiger partial charge in [-0.2, -0.15) is 0 Å². The van der Waals surface area contributed by atoms with E-state index in [4.69, 9.17) is 14.6 Å². The van der Waals surface area contributed by atoms with E-state index in [2.05, 4.69) is 0 Å². The van der Waals surface area contributed by atoms with Crippen LogP contribution >= 0.6 is 0 Å². The normalized spacial score (nSPS) is 46.4. The molecule has 1 heterocycles. The fourth-order valence-corrected chi connectivity index (χ4v) is 1.49. The van der Waals surface area contributed by atoms with Gasteiger partial charge in [0.05, 0.1) is 12.7 Å². The van der Waals surface area contributed by atoms with E-state index >= 15 is 0 Å². The minimum atomic E-state index is -1.05. The van der Waals surface area contributed by atoms with Crippen LogP contribution in [0.1, 0.15) is 6.92 Å². The zero-order valence-electron chi connectivity index (χ0n) is 7.75. The minimum Gasteiger partial charge on any atom is -0.394 e. The molecule has 1 rings (SSSR count). The highest BCUT2D eigenvalue weighted by atomic mass is 16.7. The van der Waals surface area contributed by atoms with Gasteiger partial charge in [0, 0.05) is 13.0 Å². The van der Waals surface area contributed by atoms with Crippen LogP contribution in [0, 0.1) is 5.92 Å². The van der Waals surface area contributed by atoms with E-state index in [1.54, 1.807) is 6.92 Å². The van der Waals surface area contributed by atoms with Gasteiger partial charge in [0.1, 0.15) is 12.2 Å². The lowest BCUT2D eigenvalue weighted by Gasteiger charge is -2.40. The Hall–Kier alpha value is -0.200. The van der Waals surface area contributed by atoms with E-state index in [0.29, 0.717) is 0 Å². The summed E-state index contributed by atoms with van der Waals surface area (Å²) < 4.78 is 10.1. The Kier molecular flexibility index (Phi) is 3.63. The quantitative estimate of drug-likeness (QED) is 0.507. The van der Waals surface area contributed by atoms with Crippen molar-refractivity contribution in [1.29, 1.82) is 0 Å². The van der Waals surface area contributed by atoms with Crippen molar-refractivity contribution in [3.8, 4) is 0 Å². The maximum Gasteiger partial charge on any atom is 0.162 e. The van der Waals surface area contributed by atoms with Crippen LogP contribution in [0.4, 0.5) is 0 Å². The Morgan fingerprint density at radius 1 is 1.31 bits per heavy atom. The number of hydrogen-bond donors (Lipinski definition) is 3. The molecule has 0 bridgehead atoms. The number of methoxy groups -OCH3 is 1. The molecule has 1 fully saturated rings. The molecule has 13 heavy (non-hydrogen) atoms. The zero-order chi connectivity index (χ0) is 10.0. The first-order valence-corrected chi connectivity index (χ1v) is 4.27. The molecule has 0 amide bonds. The third-order valence-corrected chi connectivity index (χ3v) is 2.42. The molecule has 78 valence electrons. The van der Waals surface area contributed by atoms with Gasteiger partial charge < -0.3 is 24.8 Å². The molecule has 3 N–H and O–H groups in total. The summed E-state index contributed by atoms with van der Waals surface area (Å²) in [6.07, 6.45) is -3.31. The lowest BCUT2D eigenvalue weighted by molar-refractivity contribution is -0.274. The van der Waals surface area contributed by atoms with Crippen LogP contribution in [0.3, 0.4) is 0 Å². The molecule has 0 aromatic heterocycles. The second kappa shape index (κ2) is 4.34. The maximum atomic E-state index is 9.53. The van der Waals surface area contributed by atoms with Crippen LogP contribution in [0.25, 0.3) is 0 Å². The van der Waals surface area contributed by atoms with Crippen molar-refractivity contribution in [2.24, 2.45) is 5.92 Å². The fraction of sp³-hybridized carbons (Fsp3) is 1.00. The topological polar surface area (TPSA) is 79.2 Å². The predicted octanol–water partition coefficient (Wildman–Crippen LogP) is -1.29. The third-order valence-electron chi connectivity index (χ3n) is 2.42. The summed E-state index contributed by atoms with van der Waals surface area (Å²) in [6, 6.07) is 0. The molecule has 0 saturated carbocycles. The van der Waals surface area contributed by atoms with Gasteiger partial charge in [-0.05, 0) is 0 Å². The number of rotatable bonds is 2. The number of aliphatic hydroxyl groups excluding tert-OH is 3. The van der Waals surface area contributed by atoms with Crippen LogP contribution in [-0.2, 0) is 9.47 Å². The number of hydrogen-bond acceptors (Lipinski definition) is 5. The van der Waals surface area contributed by atoms with Gasteiger partial charge in [0.25, 0.3) is 0 Å². The highest BCUT2D eigenvalue weighted by molar-refractivity contribution is 4.86. The largest absolute Gasteiger partial charge is 0.394 e. The Morgan fingerprint density at radius 2 is 1.92 bits per heavy atom. The van der Waals surface area contributed by atoms with Gasteiger partial charge in [-0.15, -0.1) is 0 Å². The summed E-state index contributed by atoms with van der Waals surface area (Å²) >= 11 is 0. The summed E-state index contributed by atoms with van der Waals surface area (Å²) in [5.74, 6) is -0.303. The van der Waals surface area contributed by atoms with E-state index in [1.165, 1.54) is 7.11 Å². The maximum absolute atomic E-state index is 9.53. The summed E-state index contributed by atoms with van der Waals surface area (Å²) in [7, 11) is 1.46. The molecule has 5 atom stereocenters. The molecule has 4 unspecified atom stereocenters. The van der Waals surface area contributed by atoms with Crippen LogP contribution in [-0.4, -0.2) is 53.6 Å². The number of ether oxygens (including phenoxy) is 2. The van der Waals surface area contributed by atoms with Crippen molar-refractivity contribution < 1.29 is 24.8 Å². The van der Waals surface area contributed by atoms with Crippen LogP contribution in [0.15, 0.2) is 0 Å². The molecule has 0 aromatic rings. The molecule has 0 radical (unpaired) electrons. The summed E-state index contributed by atoms with van der Waals surface area (Å²) in [4.78, 5) is 0. The standard InChI is InChI=1S/C8H16O5/c1-4-6(10)7(11)5(3-9)13-8(4)12-2/h4-11H,3H2,1-2H3/t4?,5?,6?,7-,8?/m1/s1. The molecular formula is C8H16O5. The van der Waals surface area contributed by atoms with Gasteiger partial charge in [-0.1, -0.05) is 6.92 Å². The monoisotopic (exact) mass is 192 g/mol. The third kappa shape index (κ3) is 2.00. The first-order valence-electron chi connectivity index (χ1n) is 4.27. The summed E-state index contributed by atoms with van der Waals surface area (Å²) in [6.45, 7) is 1.39. The minimum absolute atomic E-state index is 0.303. The molecule has 0 aliphatic carbocycles. The highest BCUT2D eigenvalue weighted by Crippen LogP contribution is 2.25. The van der Waals surface area contributed by atoms with Crippen molar-refractivity contribution in [3.63, 3.8) is 0 Å². The van der Waals surface area contributed by atoms with Crippen molar-refractivity contribution in [3.05, 3.63) is 0 Å². The van der Waals surface area contributed by atoms with E-state index in [0.717, 1.165) is 0 Å². The van der Waals surface area contributed by atoms with Crippen LogP contribution < -0.4 is 0 Å². The van der Waals surface area contributed by atoms with Crippen molar-refractivity contribution >= 4 is 0 Å². The second-order valence-electron chi connectivity index (χ2n) is 3.30. The molecule has 1 aliphatic rings. The van der Waals surface area contributed by atoms with Gasteiger partial charge in [0.15, 0.2) is 6.29 Å². The zero-order valence-corrected chi connectivity index (χ0v) is 7.75. The molecule has 1 saturated heterocycles. The highest BCUT2D eigenvalue weighted by Gasteiger charge is 2.41. The lowest BCUT2D eigenvalue weighted by Crippen LogP contribution is -2.55. The van der Waals surface area contributed by atoms with Crippen LogP contribution in [0.5, 0.6) is 0 Å². The molecular weight excluding hydrogens is 176 g/mol. The van der Waals surface area contributed by atoms with Gasteiger partial charge in [0.2, 0.25) is 0 Å².